The second-order valence-electron chi connectivity index (χ2n) is 4.91. The lowest BCUT2D eigenvalue weighted by Gasteiger charge is -2.15. The molecule has 0 aliphatic heterocycles. The van der Waals surface area contributed by atoms with Gasteiger partial charge < -0.3 is 10.4 Å². The van der Waals surface area contributed by atoms with Crippen LogP contribution < -0.4 is 5.32 Å². The van der Waals surface area contributed by atoms with E-state index in [-0.39, 0.29) is 11.6 Å². The van der Waals surface area contributed by atoms with E-state index in [4.69, 9.17) is 0 Å². The molecule has 10 heteroatoms. The summed E-state index contributed by atoms with van der Waals surface area (Å²) in [6, 6.07) is 4.63. The Hall–Kier alpha value is -1.98. The molecule has 0 aliphatic rings. The molecule has 0 aliphatic carbocycles. The van der Waals surface area contributed by atoms with E-state index in [1.165, 1.54) is 18.2 Å². The highest BCUT2D eigenvalue weighted by molar-refractivity contribution is 14.1. The second kappa shape index (κ2) is 6.73. The predicted molar refractivity (Wildman–Crippen MR) is 85.2 cm³/mol. The van der Waals surface area contributed by atoms with Crippen LogP contribution in [0.3, 0.4) is 0 Å². The Morgan fingerprint density at radius 1 is 0.920 bits per heavy atom. The molecular formula is C15H8F6INO2. The van der Waals surface area contributed by atoms with Gasteiger partial charge in [-0.1, -0.05) is 0 Å². The van der Waals surface area contributed by atoms with Gasteiger partial charge in [-0.15, -0.1) is 0 Å². The van der Waals surface area contributed by atoms with Crippen molar-refractivity contribution in [2.45, 2.75) is 12.4 Å². The van der Waals surface area contributed by atoms with Crippen LogP contribution in [0.4, 0.5) is 32.0 Å². The first-order chi connectivity index (χ1) is 11.4. The molecule has 134 valence electrons. The van der Waals surface area contributed by atoms with Crippen LogP contribution in [-0.2, 0) is 12.4 Å². The molecule has 0 unspecified atom stereocenters. The summed E-state index contributed by atoms with van der Waals surface area (Å²) in [7, 11) is 0. The number of phenols is 1. The van der Waals surface area contributed by atoms with E-state index in [1.807, 2.05) is 27.9 Å². The Morgan fingerprint density at radius 2 is 1.44 bits per heavy atom. The maximum absolute atomic E-state index is 12.8. The lowest BCUT2D eigenvalue weighted by molar-refractivity contribution is -0.143. The van der Waals surface area contributed by atoms with Crippen molar-refractivity contribution in [2.24, 2.45) is 0 Å². The summed E-state index contributed by atoms with van der Waals surface area (Å²) in [4.78, 5) is 12.1. The third kappa shape index (κ3) is 4.77. The van der Waals surface area contributed by atoms with Gasteiger partial charge in [0.25, 0.3) is 5.91 Å². The molecule has 0 saturated heterocycles. The number of amides is 1. The molecule has 2 rings (SSSR count). The molecule has 0 bridgehead atoms. The first kappa shape index (κ1) is 19.3. The summed E-state index contributed by atoms with van der Waals surface area (Å²) in [5.74, 6) is -1.50. The number of hydrogen-bond acceptors (Lipinski definition) is 2. The number of anilines is 1. The molecule has 0 saturated carbocycles. The second-order valence-corrected chi connectivity index (χ2v) is 6.16. The summed E-state index contributed by atoms with van der Waals surface area (Å²) >= 11 is 1.83. The SMILES string of the molecule is O=C(Nc1cc(C(F)(F)F)cc(C(F)(F)F)c1)c1cc(I)ccc1O. The number of halogens is 7. The zero-order valence-corrected chi connectivity index (χ0v) is 14.1. The maximum Gasteiger partial charge on any atom is 0.416 e. The van der Waals surface area contributed by atoms with Crippen molar-refractivity contribution in [3.63, 3.8) is 0 Å². The van der Waals surface area contributed by atoms with Gasteiger partial charge in [-0.25, -0.2) is 0 Å². The summed E-state index contributed by atoms with van der Waals surface area (Å²) in [6.45, 7) is 0. The summed E-state index contributed by atoms with van der Waals surface area (Å²) < 4.78 is 77.3. The number of nitrogens with one attached hydrogen (secondary N) is 1. The van der Waals surface area contributed by atoms with E-state index in [0.29, 0.717) is 15.7 Å². The van der Waals surface area contributed by atoms with Crippen molar-refractivity contribution < 1.29 is 36.2 Å². The zero-order valence-electron chi connectivity index (χ0n) is 12.0. The minimum atomic E-state index is -5.02. The van der Waals surface area contributed by atoms with E-state index in [2.05, 4.69) is 0 Å². The first-order valence-electron chi connectivity index (χ1n) is 6.47. The standard InChI is InChI=1S/C15H8F6INO2/c16-14(17,18)7-3-8(15(19,20)21)5-10(4-7)23-13(25)11-6-9(22)1-2-12(11)24/h1-6,24H,(H,23,25). The molecule has 0 radical (unpaired) electrons. The monoisotopic (exact) mass is 475 g/mol. The normalized spacial score (nSPS) is 12.1. The van der Waals surface area contributed by atoms with Crippen molar-refractivity contribution in [3.05, 3.63) is 56.7 Å². The van der Waals surface area contributed by atoms with Gasteiger partial charge in [0, 0.05) is 9.26 Å². The Morgan fingerprint density at radius 3 is 1.92 bits per heavy atom. The topological polar surface area (TPSA) is 49.3 Å². The Kier molecular flexibility index (Phi) is 5.21. The van der Waals surface area contributed by atoms with Crippen LogP contribution in [0, 0.1) is 3.57 Å². The molecule has 1 amide bonds. The molecule has 0 heterocycles. The molecule has 0 aromatic heterocycles. The zero-order chi connectivity index (χ0) is 19.0. The lowest BCUT2D eigenvalue weighted by Crippen LogP contribution is -2.16. The van der Waals surface area contributed by atoms with Gasteiger partial charge in [-0.2, -0.15) is 26.3 Å². The van der Waals surface area contributed by atoms with Gasteiger partial charge in [0.2, 0.25) is 0 Å². The molecule has 0 atom stereocenters. The fraction of sp³-hybridized carbons (Fsp3) is 0.133. The van der Waals surface area contributed by atoms with Crippen molar-refractivity contribution in [2.75, 3.05) is 5.32 Å². The Labute approximate surface area is 150 Å². The van der Waals surface area contributed by atoms with Crippen LogP contribution in [0.1, 0.15) is 21.5 Å². The number of carbonyl (C=O) groups excluding carboxylic acids is 1. The van der Waals surface area contributed by atoms with Crippen LogP contribution in [0.25, 0.3) is 0 Å². The van der Waals surface area contributed by atoms with Crippen molar-refractivity contribution in [1.82, 2.24) is 0 Å². The van der Waals surface area contributed by atoms with E-state index in [0.717, 1.165) is 0 Å². The highest BCUT2D eigenvalue weighted by Gasteiger charge is 2.37. The van der Waals surface area contributed by atoms with Crippen LogP contribution >= 0.6 is 22.6 Å². The number of benzene rings is 2. The van der Waals surface area contributed by atoms with E-state index >= 15 is 0 Å². The van der Waals surface area contributed by atoms with Crippen molar-refractivity contribution in [3.8, 4) is 5.75 Å². The molecule has 25 heavy (non-hydrogen) atoms. The summed E-state index contributed by atoms with van der Waals surface area (Å²) in [6.07, 6.45) is -10.0. The number of carbonyl (C=O) groups is 1. The molecule has 2 N–H and O–H groups in total. The number of aromatic hydroxyl groups is 1. The van der Waals surface area contributed by atoms with Gasteiger partial charge in [-0.3, -0.25) is 4.79 Å². The minimum Gasteiger partial charge on any atom is -0.507 e. The molecule has 2 aromatic rings. The van der Waals surface area contributed by atoms with Gasteiger partial charge in [0.15, 0.2) is 0 Å². The molecule has 2 aromatic carbocycles. The van der Waals surface area contributed by atoms with E-state index in [9.17, 15) is 36.2 Å². The summed E-state index contributed by atoms with van der Waals surface area (Å²) in [5, 5.41) is 11.6. The largest absolute Gasteiger partial charge is 0.507 e. The Bertz CT molecular complexity index is 784. The molecule has 3 nitrogen and oxygen atoms in total. The van der Waals surface area contributed by atoms with Crippen LogP contribution in [0.5, 0.6) is 5.75 Å². The average Bonchev–Trinajstić information content (AvgIpc) is 2.47. The highest BCUT2D eigenvalue weighted by atomic mass is 127. The average molecular weight is 475 g/mol. The van der Waals surface area contributed by atoms with Gasteiger partial charge in [0.05, 0.1) is 16.7 Å². The van der Waals surface area contributed by atoms with Crippen LogP contribution in [-0.4, -0.2) is 11.0 Å². The first-order valence-corrected chi connectivity index (χ1v) is 7.55. The quantitative estimate of drug-likeness (QED) is 0.459. The van der Waals surface area contributed by atoms with Crippen molar-refractivity contribution >= 4 is 34.2 Å². The number of rotatable bonds is 2. The smallest absolute Gasteiger partial charge is 0.416 e. The number of alkyl halides is 6. The van der Waals surface area contributed by atoms with Gasteiger partial charge >= 0.3 is 12.4 Å². The third-order valence-corrected chi connectivity index (χ3v) is 3.72. The van der Waals surface area contributed by atoms with Crippen LogP contribution in [0.2, 0.25) is 0 Å². The highest BCUT2D eigenvalue weighted by Crippen LogP contribution is 2.37. The fourth-order valence-corrected chi connectivity index (χ4v) is 2.41. The summed E-state index contributed by atoms with van der Waals surface area (Å²) in [5.41, 5.74) is -4.07. The predicted octanol–water partition coefficient (Wildman–Crippen LogP) is 5.29. The molecule has 0 fully saturated rings. The Balaban J connectivity index is 2.45. The molecular weight excluding hydrogens is 467 g/mol. The van der Waals surface area contributed by atoms with Gasteiger partial charge in [0.1, 0.15) is 5.75 Å². The van der Waals surface area contributed by atoms with Crippen LogP contribution in [0.15, 0.2) is 36.4 Å². The maximum atomic E-state index is 12.8. The lowest BCUT2D eigenvalue weighted by atomic mass is 10.1. The van der Waals surface area contributed by atoms with E-state index < -0.39 is 40.8 Å². The molecule has 0 spiro atoms. The van der Waals surface area contributed by atoms with E-state index in [1.54, 1.807) is 0 Å². The minimum absolute atomic E-state index is 0.0431. The fourth-order valence-electron chi connectivity index (χ4n) is 1.92. The third-order valence-electron chi connectivity index (χ3n) is 3.05. The number of hydrogen-bond donors (Lipinski definition) is 2. The number of phenolic OH excluding ortho intramolecular Hbond substituents is 1. The van der Waals surface area contributed by atoms with Crippen molar-refractivity contribution in [1.29, 1.82) is 0 Å². The van der Waals surface area contributed by atoms with Gasteiger partial charge in [-0.05, 0) is 59.0 Å².